The zero-order valence-electron chi connectivity index (χ0n) is 12.2. The SMILES string of the molecule is CCOC(=O)C1(C(=O)OCC)Cc2ccc(C)cc2C1. The Bertz CT molecular complexity index is 515. The van der Waals surface area contributed by atoms with E-state index in [9.17, 15) is 9.59 Å². The van der Waals surface area contributed by atoms with Gasteiger partial charge in [0.1, 0.15) is 0 Å². The summed E-state index contributed by atoms with van der Waals surface area (Å²) in [5.74, 6) is -0.959. The number of rotatable bonds is 4. The first-order valence-corrected chi connectivity index (χ1v) is 6.96. The second-order valence-corrected chi connectivity index (χ2v) is 5.15. The van der Waals surface area contributed by atoms with Crippen molar-refractivity contribution >= 4 is 11.9 Å². The fraction of sp³-hybridized carbons (Fsp3) is 0.500. The van der Waals surface area contributed by atoms with Crippen LogP contribution in [-0.2, 0) is 31.9 Å². The summed E-state index contributed by atoms with van der Waals surface area (Å²) in [4.78, 5) is 24.6. The maximum atomic E-state index is 12.3. The minimum atomic E-state index is -1.21. The van der Waals surface area contributed by atoms with E-state index in [4.69, 9.17) is 9.47 Å². The van der Waals surface area contributed by atoms with Gasteiger partial charge in [0.2, 0.25) is 0 Å². The lowest BCUT2D eigenvalue weighted by Crippen LogP contribution is -2.43. The summed E-state index contributed by atoms with van der Waals surface area (Å²) in [6.07, 6.45) is 0.724. The van der Waals surface area contributed by atoms with Gasteiger partial charge in [0.05, 0.1) is 13.2 Å². The Labute approximate surface area is 119 Å². The maximum absolute atomic E-state index is 12.3. The largest absolute Gasteiger partial charge is 0.465 e. The molecule has 20 heavy (non-hydrogen) atoms. The summed E-state index contributed by atoms with van der Waals surface area (Å²) in [6.45, 7) is 5.99. The quantitative estimate of drug-likeness (QED) is 0.625. The van der Waals surface area contributed by atoms with Crippen molar-refractivity contribution < 1.29 is 19.1 Å². The fourth-order valence-electron chi connectivity index (χ4n) is 2.71. The van der Waals surface area contributed by atoms with Gasteiger partial charge >= 0.3 is 11.9 Å². The lowest BCUT2D eigenvalue weighted by molar-refractivity contribution is -0.171. The number of fused-ring (bicyclic) bond motifs is 1. The molecule has 0 amide bonds. The third-order valence-electron chi connectivity index (χ3n) is 3.68. The van der Waals surface area contributed by atoms with Crippen LogP contribution in [-0.4, -0.2) is 25.2 Å². The summed E-state index contributed by atoms with van der Waals surface area (Å²) in [6, 6.07) is 5.99. The molecule has 0 saturated heterocycles. The van der Waals surface area contributed by atoms with Crippen molar-refractivity contribution in [1.82, 2.24) is 0 Å². The number of benzene rings is 1. The summed E-state index contributed by atoms with van der Waals surface area (Å²) >= 11 is 0. The topological polar surface area (TPSA) is 52.6 Å². The number of carbonyl (C=O) groups excluding carboxylic acids is 2. The molecular formula is C16H20O4. The van der Waals surface area contributed by atoms with E-state index < -0.39 is 17.4 Å². The number of ether oxygens (including phenoxy) is 2. The van der Waals surface area contributed by atoms with Crippen LogP contribution < -0.4 is 0 Å². The highest BCUT2D eigenvalue weighted by atomic mass is 16.6. The lowest BCUT2D eigenvalue weighted by Gasteiger charge is -2.23. The molecule has 0 atom stereocenters. The molecule has 1 aromatic carbocycles. The van der Waals surface area contributed by atoms with Gasteiger partial charge in [-0.25, -0.2) is 0 Å². The van der Waals surface area contributed by atoms with E-state index in [0.29, 0.717) is 12.8 Å². The van der Waals surface area contributed by atoms with Crippen molar-refractivity contribution in [2.75, 3.05) is 13.2 Å². The van der Waals surface area contributed by atoms with E-state index in [1.807, 2.05) is 25.1 Å². The molecule has 1 aliphatic rings. The molecule has 0 heterocycles. The summed E-state index contributed by atoms with van der Waals surface area (Å²) in [5, 5.41) is 0. The van der Waals surface area contributed by atoms with Crippen molar-refractivity contribution in [2.45, 2.75) is 33.6 Å². The molecular weight excluding hydrogens is 256 g/mol. The smallest absolute Gasteiger partial charge is 0.324 e. The first kappa shape index (κ1) is 14.6. The van der Waals surface area contributed by atoms with E-state index in [2.05, 4.69) is 0 Å². The lowest BCUT2D eigenvalue weighted by atomic mass is 9.84. The molecule has 0 aliphatic heterocycles. The van der Waals surface area contributed by atoms with Gasteiger partial charge in [-0.2, -0.15) is 0 Å². The van der Waals surface area contributed by atoms with Crippen LogP contribution in [0.3, 0.4) is 0 Å². The molecule has 0 saturated carbocycles. The van der Waals surface area contributed by atoms with Gasteiger partial charge in [-0.1, -0.05) is 23.8 Å². The summed E-state index contributed by atoms with van der Waals surface area (Å²) < 4.78 is 10.2. The Morgan fingerprint density at radius 1 is 1.05 bits per heavy atom. The summed E-state index contributed by atoms with van der Waals surface area (Å²) in [7, 11) is 0. The van der Waals surface area contributed by atoms with E-state index in [1.54, 1.807) is 13.8 Å². The van der Waals surface area contributed by atoms with E-state index in [1.165, 1.54) is 0 Å². The number of esters is 2. The maximum Gasteiger partial charge on any atom is 0.324 e. The van der Waals surface area contributed by atoms with Crippen LogP contribution in [0.4, 0.5) is 0 Å². The van der Waals surface area contributed by atoms with Crippen molar-refractivity contribution in [3.05, 3.63) is 34.9 Å². The standard InChI is InChI=1S/C16H20O4/c1-4-19-14(17)16(15(18)20-5-2)9-12-7-6-11(3)8-13(12)10-16/h6-8H,4-5,9-10H2,1-3H3. The number of aryl methyl sites for hydroxylation is 1. The van der Waals surface area contributed by atoms with E-state index in [0.717, 1.165) is 16.7 Å². The highest BCUT2D eigenvalue weighted by Crippen LogP contribution is 2.39. The Morgan fingerprint density at radius 2 is 1.60 bits per heavy atom. The van der Waals surface area contributed by atoms with Crippen LogP contribution in [0.5, 0.6) is 0 Å². The number of hydrogen-bond donors (Lipinski definition) is 0. The van der Waals surface area contributed by atoms with Crippen molar-refractivity contribution in [3.63, 3.8) is 0 Å². The minimum absolute atomic E-state index is 0.259. The van der Waals surface area contributed by atoms with E-state index in [-0.39, 0.29) is 13.2 Å². The average Bonchev–Trinajstić information content (AvgIpc) is 2.79. The van der Waals surface area contributed by atoms with Crippen molar-refractivity contribution in [1.29, 1.82) is 0 Å². The molecule has 2 rings (SSSR count). The molecule has 0 N–H and O–H groups in total. The van der Waals surface area contributed by atoms with Gasteiger partial charge in [0, 0.05) is 0 Å². The summed E-state index contributed by atoms with van der Waals surface area (Å²) in [5.41, 5.74) is 1.97. The van der Waals surface area contributed by atoms with Crippen LogP contribution in [0, 0.1) is 12.3 Å². The average molecular weight is 276 g/mol. The molecule has 4 nitrogen and oxygen atoms in total. The van der Waals surface area contributed by atoms with Gasteiger partial charge in [0.15, 0.2) is 5.41 Å². The highest BCUT2D eigenvalue weighted by Gasteiger charge is 2.52. The third-order valence-corrected chi connectivity index (χ3v) is 3.68. The third kappa shape index (κ3) is 2.42. The number of carbonyl (C=O) groups is 2. The predicted molar refractivity (Wildman–Crippen MR) is 74.3 cm³/mol. The Morgan fingerprint density at radius 3 is 2.15 bits per heavy atom. The molecule has 0 aromatic heterocycles. The first-order valence-electron chi connectivity index (χ1n) is 6.96. The molecule has 1 aliphatic carbocycles. The molecule has 0 radical (unpaired) electrons. The van der Waals surface area contributed by atoms with Gasteiger partial charge in [0.25, 0.3) is 0 Å². The van der Waals surface area contributed by atoms with E-state index >= 15 is 0 Å². The van der Waals surface area contributed by atoms with Gasteiger partial charge in [-0.3, -0.25) is 9.59 Å². The van der Waals surface area contributed by atoms with Crippen LogP contribution in [0.15, 0.2) is 18.2 Å². The Kier molecular flexibility index (Phi) is 4.12. The van der Waals surface area contributed by atoms with Crippen LogP contribution in [0.25, 0.3) is 0 Å². The van der Waals surface area contributed by atoms with Crippen LogP contribution in [0.2, 0.25) is 0 Å². The van der Waals surface area contributed by atoms with Gasteiger partial charge in [-0.15, -0.1) is 0 Å². The normalized spacial score (nSPS) is 15.6. The molecule has 0 spiro atoms. The zero-order chi connectivity index (χ0) is 14.8. The van der Waals surface area contributed by atoms with Crippen molar-refractivity contribution in [3.8, 4) is 0 Å². The number of hydrogen-bond acceptors (Lipinski definition) is 4. The molecule has 1 aromatic rings. The molecule has 4 heteroatoms. The fourth-order valence-corrected chi connectivity index (χ4v) is 2.71. The monoisotopic (exact) mass is 276 g/mol. The van der Waals surface area contributed by atoms with Crippen LogP contribution in [0.1, 0.15) is 30.5 Å². The van der Waals surface area contributed by atoms with Gasteiger partial charge < -0.3 is 9.47 Å². The second-order valence-electron chi connectivity index (χ2n) is 5.15. The Hall–Kier alpha value is -1.84. The second kappa shape index (κ2) is 5.65. The predicted octanol–water partition coefficient (Wildman–Crippen LogP) is 2.21. The molecule has 0 unspecified atom stereocenters. The molecule has 108 valence electrons. The highest BCUT2D eigenvalue weighted by molar-refractivity contribution is 6.01. The van der Waals surface area contributed by atoms with Gasteiger partial charge in [-0.05, 0) is 44.7 Å². The van der Waals surface area contributed by atoms with Crippen LogP contribution >= 0.6 is 0 Å². The zero-order valence-corrected chi connectivity index (χ0v) is 12.2. The minimum Gasteiger partial charge on any atom is -0.465 e. The first-order chi connectivity index (χ1) is 9.53. The molecule has 0 fully saturated rings. The Balaban J connectivity index is 2.37. The van der Waals surface area contributed by atoms with Crippen molar-refractivity contribution in [2.24, 2.45) is 5.41 Å². The molecule has 0 bridgehead atoms.